The van der Waals surface area contributed by atoms with E-state index >= 15 is 0 Å². The summed E-state index contributed by atoms with van der Waals surface area (Å²) in [5, 5.41) is 0. The van der Waals surface area contributed by atoms with Crippen LogP contribution in [-0.2, 0) is 6.54 Å². The van der Waals surface area contributed by atoms with Crippen molar-refractivity contribution in [3.63, 3.8) is 0 Å². The molecule has 2 nitrogen and oxygen atoms in total. The fourth-order valence-electron chi connectivity index (χ4n) is 1.91. The van der Waals surface area contributed by atoms with Crippen molar-refractivity contribution in [3.05, 3.63) is 34.1 Å². The average Bonchev–Trinajstić information content (AvgIpc) is 2.28. The molecule has 106 valence electrons. The van der Waals surface area contributed by atoms with Crippen molar-refractivity contribution in [2.24, 2.45) is 11.7 Å². The third kappa shape index (κ3) is 6.45. The maximum atomic E-state index is 13.1. The third-order valence-corrected chi connectivity index (χ3v) is 3.65. The first-order valence-corrected chi connectivity index (χ1v) is 7.53. The summed E-state index contributed by atoms with van der Waals surface area (Å²) in [6.45, 7) is 6.91. The van der Waals surface area contributed by atoms with E-state index < -0.39 is 0 Å². The van der Waals surface area contributed by atoms with Crippen LogP contribution in [0.4, 0.5) is 4.39 Å². The first kappa shape index (κ1) is 16.5. The Balaban J connectivity index is 2.72. The van der Waals surface area contributed by atoms with Crippen LogP contribution in [0.3, 0.4) is 0 Å². The molecule has 2 N–H and O–H groups in total. The standard InChI is InChI=1S/C14H20BrFN2S/c1-10(2)8-18(6-5-14(17)19)9-11-3-4-12(16)7-13(11)15/h3-4,7,10H,5-6,8-9H2,1-2H3,(H2,17,19). The number of hydrogen-bond acceptors (Lipinski definition) is 2. The Morgan fingerprint density at radius 1 is 1.47 bits per heavy atom. The zero-order chi connectivity index (χ0) is 14.4. The normalized spacial score (nSPS) is 11.3. The Morgan fingerprint density at radius 3 is 2.68 bits per heavy atom. The molecule has 0 aromatic heterocycles. The van der Waals surface area contributed by atoms with Gasteiger partial charge in [-0.3, -0.25) is 4.90 Å². The maximum absolute atomic E-state index is 13.1. The van der Waals surface area contributed by atoms with Crippen LogP contribution in [0.2, 0.25) is 0 Å². The lowest BCUT2D eigenvalue weighted by Gasteiger charge is -2.24. The molecule has 0 bridgehead atoms. The second-order valence-electron chi connectivity index (χ2n) is 5.08. The van der Waals surface area contributed by atoms with Crippen molar-refractivity contribution in [2.75, 3.05) is 13.1 Å². The van der Waals surface area contributed by atoms with Crippen molar-refractivity contribution < 1.29 is 4.39 Å². The number of hydrogen-bond donors (Lipinski definition) is 1. The van der Waals surface area contributed by atoms with E-state index in [1.807, 2.05) is 6.07 Å². The van der Waals surface area contributed by atoms with Crippen molar-refractivity contribution in [1.82, 2.24) is 4.90 Å². The van der Waals surface area contributed by atoms with Gasteiger partial charge in [0.05, 0.1) is 4.99 Å². The summed E-state index contributed by atoms with van der Waals surface area (Å²) >= 11 is 8.33. The van der Waals surface area contributed by atoms with Crippen LogP contribution in [0.25, 0.3) is 0 Å². The predicted molar refractivity (Wildman–Crippen MR) is 85.6 cm³/mol. The molecule has 0 atom stereocenters. The molecule has 0 aliphatic rings. The van der Waals surface area contributed by atoms with E-state index in [4.69, 9.17) is 18.0 Å². The molecule has 1 rings (SSSR count). The molecule has 0 fully saturated rings. The van der Waals surface area contributed by atoms with Gasteiger partial charge in [-0.25, -0.2) is 4.39 Å². The Labute approximate surface area is 128 Å². The van der Waals surface area contributed by atoms with Gasteiger partial charge in [0, 0.05) is 30.5 Å². The monoisotopic (exact) mass is 346 g/mol. The van der Waals surface area contributed by atoms with Gasteiger partial charge in [0.15, 0.2) is 0 Å². The molecule has 1 aromatic carbocycles. The molecule has 0 aliphatic heterocycles. The van der Waals surface area contributed by atoms with Crippen LogP contribution < -0.4 is 5.73 Å². The van der Waals surface area contributed by atoms with E-state index in [1.165, 1.54) is 12.1 Å². The van der Waals surface area contributed by atoms with E-state index in [9.17, 15) is 4.39 Å². The third-order valence-electron chi connectivity index (χ3n) is 2.71. The Bertz CT molecular complexity index is 437. The zero-order valence-corrected chi connectivity index (χ0v) is 13.7. The summed E-state index contributed by atoms with van der Waals surface area (Å²) in [4.78, 5) is 2.83. The fraction of sp³-hybridized carbons (Fsp3) is 0.500. The topological polar surface area (TPSA) is 29.3 Å². The van der Waals surface area contributed by atoms with Gasteiger partial charge in [0.1, 0.15) is 5.82 Å². The molecule has 0 saturated heterocycles. The first-order chi connectivity index (χ1) is 8.88. The largest absolute Gasteiger partial charge is 0.393 e. The highest BCUT2D eigenvalue weighted by Crippen LogP contribution is 2.20. The molecule has 0 radical (unpaired) electrons. The van der Waals surface area contributed by atoms with Crippen molar-refractivity contribution >= 4 is 33.1 Å². The number of nitrogens with two attached hydrogens (primary N) is 1. The summed E-state index contributed by atoms with van der Waals surface area (Å²) in [5.41, 5.74) is 6.63. The Hall–Kier alpha value is -0.520. The summed E-state index contributed by atoms with van der Waals surface area (Å²) in [6, 6.07) is 4.80. The molecule has 0 spiro atoms. The van der Waals surface area contributed by atoms with Gasteiger partial charge >= 0.3 is 0 Å². The van der Waals surface area contributed by atoms with Crippen LogP contribution in [0.15, 0.2) is 22.7 Å². The molecular formula is C14H20BrFN2S. The van der Waals surface area contributed by atoms with Crippen molar-refractivity contribution in [1.29, 1.82) is 0 Å². The van der Waals surface area contributed by atoms with Crippen molar-refractivity contribution in [3.8, 4) is 0 Å². The molecule has 19 heavy (non-hydrogen) atoms. The van der Waals surface area contributed by atoms with E-state index in [1.54, 1.807) is 0 Å². The van der Waals surface area contributed by atoms with Crippen LogP contribution >= 0.6 is 28.1 Å². The number of halogens is 2. The lowest BCUT2D eigenvalue weighted by Crippen LogP contribution is -2.30. The van der Waals surface area contributed by atoms with Gasteiger partial charge in [-0.05, 0) is 23.6 Å². The lowest BCUT2D eigenvalue weighted by atomic mass is 10.1. The summed E-state index contributed by atoms with van der Waals surface area (Å²) in [5.74, 6) is 0.333. The molecule has 0 amide bonds. The van der Waals surface area contributed by atoms with Gasteiger partial charge in [0.25, 0.3) is 0 Å². The molecule has 0 heterocycles. The summed E-state index contributed by atoms with van der Waals surface area (Å²) in [6.07, 6.45) is 0.709. The summed E-state index contributed by atoms with van der Waals surface area (Å²) in [7, 11) is 0. The molecule has 1 aromatic rings. The number of benzene rings is 1. The minimum atomic E-state index is -0.228. The molecule has 0 saturated carbocycles. The van der Waals surface area contributed by atoms with E-state index in [-0.39, 0.29) is 5.82 Å². The Morgan fingerprint density at radius 2 is 2.16 bits per heavy atom. The van der Waals surface area contributed by atoms with Crippen LogP contribution in [-0.4, -0.2) is 23.0 Å². The van der Waals surface area contributed by atoms with Crippen LogP contribution in [0.1, 0.15) is 25.8 Å². The predicted octanol–water partition coefficient (Wildman–Crippen LogP) is 3.72. The number of rotatable bonds is 7. The highest BCUT2D eigenvalue weighted by atomic mass is 79.9. The van der Waals surface area contributed by atoms with Gasteiger partial charge < -0.3 is 5.73 Å². The molecule has 0 aliphatic carbocycles. The van der Waals surface area contributed by atoms with Gasteiger partial charge in [-0.15, -0.1) is 0 Å². The second kappa shape index (κ2) is 7.92. The van der Waals surface area contributed by atoms with E-state index in [2.05, 4.69) is 34.7 Å². The van der Waals surface area contributed by atoms with Crippen molar-refractivity contribution in [2.45, 2.75) is 26.8 Å². The Kier molecular flexibility index (Phi) is 6.89. The minimum Gasteiger partial charge on any atom is -0.393 e. The van der Waals surface area contributed by atoms with E-state index in [0.717, 1.165) is 29.7 Å². The minimum absolute atomic E-state index is 0.228. The highest BCUT2D eigenvalue weighted by molar-refractivity contribution is 9.10. The quantitative estimate of drug-likeness (QED) is 0.763. The SMILES string of the molecule is CC(C)CN(CCC(N)=S)Cc1ccc(F)cc1Br. The van der Waals surface area contributed by atoms with Gasteiger partial charge in [-0.1, -0.05) is 48.1 Å². The lowest BCUT2D eigenvalue weighted by molar-refractivity contribution is 0.242. The second-order valence-corrected chi connectivity index (χ2v) is 6.46. The molecule has 0 unspecified atom stereocenters. The fourth-order valence-corrected chi connectivity index (χ4v) is 2.48. The highest BCUT2D eigenvalue weighted by Gasteiger charge is 2.11. The average molecular weight is 347 g/mol. The van der Waals surface area contributed by atoms with E-state index in [0.29, 0.717) is 17.3 Å². The summed E-state index contributed by atoms with van der Waals surface area (Å²) < 4.78 is 13.9. The number of thiocarbonyl (C=S) groups is 1. The van der Waals surface area contributed by atoms with Gasteiger partial charge in [-0.2, -0.15) is 0 Å². The smallest absolute Gasteiger partial charge is 0.124 e. The van der Waals surface area contributed by atoms with Crippen LogP contribution in [0.5, 0.6) is 0 Å². The first-order valence-electron chi connectivity index (χ1n) is 6.33. The molecular weight excluding hydrogens is 327 g/mol. The maximum Gasteiger partial charge on any atom is 0.124 e. The molecule has 5 heteroatoms. The van der Waals surface area contributed by atoms with Gasteiger partial charge in [0.2, 0.25) is 0 Å². The number of nitrogens with zero attached hydrogens (tertiary/aromatic N) is 1. The van der Waals surface area contributed by atoms with Crippen LogP contribution in [0, 0.1) is 11.7 Å². The zero-order valence-electron chi connectivity index (χ0n) is 11.3.